The number of piperazine rings is 1. The number of halogens is 4. The first kappa shape index (κ1) is 21.9. The van der Waals surface area contributed by atoms with E-state index in [4.69, 9.17) is 0 Å². The zero-order chi connectivity index (χ0) is 20.9. The number of alkyl halides is 3. The van der Waals surface area contributed by atoms with E-state index in [-0.39, 0.29) is 11.9 Å². The molecule has 1 aromatic rings. The Labute approximate surface area is 169 Å². The van der Waals surface area contributed by atoms with Crippen molar-refractivity contribution in [3.63, 3.8) is 0 Å². The molecular formula is C21H29F4N3O. The lowest BCUT2D eigenvalue weighted by molar-refractivity contribution is -0.154. The van der Waals surface area contributed by atoms with Gasteiger partial charge >= 0.3 is 6.18 Å². The maximum absolute atomic E-state index is 13.1. The summed E-state index contributed by atoms with van der Waals surface area (Å²) in [5.41, 5.74) is 1.05. The average molecular weight is 415 g/mol. The fraction of sp³-hybridized carbons (Fsp3) is 0.667. The first-order valence-electron chi connectivity index (χ1n) is 10.4. The van der Waals surface area contributed by atoms with E-state index < -0.39 is 18.5 Å². The molecule has 0 aromatic heterocycles. The highest BCUT2D eigenvalue weighted by molar-refractivity contribution is 5.76. The van der Waals surface area contributed by atoms with Gasteiger partial charge in [-0.3, -0.25) is 9.69 Å². The Balaban J connectivity index is 1.31. The molecule has 0 bridgehead atoms. The minimum absolute atomic E-state index is 0.125. The van der Waals surface area contributed by atoms with E-state index in [2.05, 4.69) is 15.1 Å². The molecule has 1 saturated carbocycles. The van der Waals surface area contributed by atoms with E-state index in [1.807, 2.05) is 12.1 Å². The zero-order valence-corrected chi connectivity index (χ0v) is 16.6. The van der Waals surface area contributed by atoms with E-state index in [1.54, 1.807) is 0 Å². The number of amides is 1. The lowest BCUT2D eigenvalue weighted by Crippen LogP contribution is -2.47. The molecule has 1 amide bonds. The van der Waals surface area contributed by atoms with Gasteiger partial charge in [-0.05, 0) is 68.8 Å². The fourth-order valence-electron chi connectivity index (χ4n) is 4.30. The second-order valence-electron chi connectivity index (χ2n) is 8.17. The third-order valence-electron chi connectivity index (χ3n) is 5.99. The molecule has 1 aliphatic carbocycles. The van der Waals surface area contributed by atoms with Crippen molar-refractivity contribution in [1.82, 2.24) is 10.2 Å². The first-order valence-corrected chi connectivity index (χ1v) is 10.4. The molecule has 1 aromatic carbocycles. The smallest absolute Gasteiger partial charge is 0.369 e. The van der Waals surface area contributed by atoms with E-state index in [1.165, 1.54) is 12.1 Å². The third-order valence-corrected chi connectivity index (χ3v) is 5.99. The molecule has 0 unspecified atom stereocenters. The Morgan fingerprint density at radius 2 is 1.62 bits per heavy atom. The van der Waals surface area contributed by atoms with Crippen molar-refractivity contribution >= 4 is 11.6 Å². The molecule has 0 radical (unpaired) electrons. The molecule has 0 atom stereocenters. The minimum Gasteiger partial charge on any atom is -0.369 e. The van der Waals surface area contributed by atoms with Gasteiger partial charge in [0, 0.05) is 37.9 Å². The van der Waals surface area contributed by atoms with Crippen LogP contribution in [0.5, 0.6) is 0 Å². The molecule has 2 fully saturated rings. The van der Waals surface area contributed by atoms with Crippen LogP contribution in [-0.2, 0) is 4.79 Å². The van der Waals surface area contributed by atoms with Crippen LogP contribution in [0.1, 0.15) is 38.5 Å². The first-order chi connectivity index (χ1) is 13.8. The summed E-state index contributed by atoms with van der Waals surface area (Å²) in [6.07, 6.45) is -1.34. The summed E-state index contributed by atoms with van der Waals surface area (Å²) in [5.74, 6) is -0.567. The van der Waals surface area contributed by atoms with Crippen LogP contribution < -0.4 is 10.2 Å². The highest BCUT2D eigenvalue weighted by Crippen LogP contribution is 2.28. The van der Waals surface area contributed by atoms with Gasteiger partial charge in [-0.15, -0.1) is 0 Å². The summed E-state index contributed by atoms with van der Waals surface area (Å²) in [7, 11) is 0. The number of carbonyl (C=O) groups is 1. The Morgan fingerprint density at radius 1 is 1.00 bits per heavy atom. The predicted molar refractivity (Wildman–Crippen MR) is 104 cm³/mol. The Bertz CT molecular complexity index is 649. The summed E-state index contributed by atoms with van der Waals surface area (Å²) in [6.45, 7) is 4.81. The molecule has 0 spiro atoms. The van der Waals surface area contributed by atoms with E-state index in [0.717, 1.165) is 70.5 Å². The fourth-order valence-corrected chi connectivity index (χ4v) is 4.30. The predicted octanol–water partition coefficient (Wildman–Crippen LogP) is 3.97. The molecule has 1 aliphatic heterocycles. The Morgan fingerprint density at radius 3 is 2.21 bits per heavy atom. The molecule has 1 saturated heterocycles. The quantitative estimate of drug-likeness (QED) is 0.715. The average Bonchev–Trinajstić information content (AvgIpc) is 2.67. The second-order valence-corrected chi connectivity index (χ2v) is 8.17. The van der Waals surface area contributed by atoms with Crippen LogP contribution >= 0.6 is 0 Å². The second kappa shape index (κ2) is 9.78. The molecule has 8 heteroatoms. The topological polar surface area (TPSA) is 35.6 Å². The summed E-state index contributed by atoms with van der Waals surface area (Å²) in [5, 5.41) is 2.53. The molecule has 3 rings (SSSR count). The van der Waals surface area contributed by atoms with Crippen LogP contribution in [0.3, 0.4) is 0 Å². The van der Waals surface area contributed by atoms with Crippen molar-refractivity contribution in [3.05, 3.63) is 30.1 Å². The third kappa shape index (κ3) is 7.17. The molecule has 162 valence electrons. The van der Waals surface area contributed by atoms with Crippen LogP contribution in [0.25, 0.3) is 0 Å². The minimum atomic E-state index is -4.44. The van der Waals surface area contributed by atoms with Crippen molar-refractivity contribution in [1.29, 1.82) is 0 Å². The van der Waals surface area contributed by atoms with Crippen molar-refractivity contribution in [3.8, 4) is 0 Å². The zero-order valence-electron chi connectivity index (χ0n) is 16.6. The monoisotopic (exact) mass is 415 g/mol. The van der Waals surface area contributed by atoms with Gasteiger partial charge in [0.25, 0.3) is 0 Å². The molecular weight excluding hydrogens is 386 g/mol. The highest BCUT2D eigenvalue weighted by Gasteiger charge is 2.32. The van der Waals surface area contributed by atoms with Gasteiger partial charge in [0.05, 0.1) is 0 Å². The van der Waals surface area contributed by atoms with Crippen molar-refractivity contribution in [2.24, 2.45) is 5.92 Å². The SMILES string of the molecule is O=C(CC(F)(F)F)N[C@H]1CC[C@H](CCN2CCN(c3ccc(F)cc3)CC2)CC1. The summed E-state index contributed by atoms with van der Waals surface area (Å²) < 4.78 is 49.8. The van der Waals surface area contributed by atoms with E-state index in [0.29, 0.717) is 5.92 Å². The number of hydrogen-bond acceptors (Lipinski definition) is 3. The van der Waals surface area contributed by atoms with Crippen molar-refractivity contribution < 1.29 is 22.4 Å². The summed E-state index contributed by atoms with van der Waals surface area (Å²) >= 11 is 0. The maximum atomic E-state index is 13.1. The van der Waals surface area contributed by atoms with E-state index in [9.17, 15) is 22.4 Å². The van der Waals surface area contributed by atoms with Crippen LogP contribution in [0.2, 0.25) is 0 Å². The van der Waals surface area contributed by atoms with Gasteiger partial charge in [0.2, 0.25) is 5.91 Å². The van der Waals surface area contributed by atoms with Crippen molar-refractivity contribution in [2.75, 3.05) is 37.6 Å². The molecule has 1 heterocycles. The lowest BCUT2D eigenvalue weighted by atomic mass is 9.84. The van der Waals surface area contributed by atoms with E-state index >= 15 is 0 Å². The summed E-state index contributed by atoms with van der Waals surface area (Å²) in [6, 6.07) is 6.49. The number of benzene rings is 1. The highest BCUT2D eigenvalue weighted by atomic mass is 19.4. The van der Waals surface area contributed by atoms with Crippen LogP contribution in [0, 0.1) is 11.7 Å². The summed E-state index contributed by atoms with van der Waals surface area (Å²) in [4.78, 5) is 16.1. The van der Waals surface area contributed by atoms with Crippen LogP contribution in [0.4, 0.5) is 23.2 Å². The normalized spacial score (nSPS) is 23.8. The van der Waals surface area contributed by atoms with Gasteiger partial charge in [0.1, 0.15) is 12.2 Å². The van der Waals surface area contributed by atoms with Crippen LogP contribution in [0.15, 0.2) is 24.3 Å². The lowest BCUT2D eigenvalue weighted by Gasteiger charge is -2.37. The number of carbonyl (C=O) groups excluding carboxylic acids is 1. The largest absolute Gasteiger partial charge is 0.397 e. The number of nitrogens with one attached hydrogen (secondary N) is 1. The number of anilines is 1. The number of rotatable bonds is 6. The van der Waals surface area contributed by atoms with Gasteiger partial charge in [-0.25, -0.2) is 4.39 Å². The Hall–Kier alpha value is -1.83. The molecule has 29 heavy (non-hydrogen) atoms. The molecule has 4 nitrogen and oxygen atoms in total. The standard InChI is InChI=1S/C21H29F4N3O/c22-17-3-7-19(8-4-17)28-13-11-27(12-14-28)10-9-16-1-5-18(6-2-16)26-20(29)15-21(23,24)25/h3-4,7-8,16,18H,1-2,5-6,9-15H2,(H,26,29)/t16-,18-. The van der Waals surface area contributed by atoms with Gasteiger partial charge in [0.15, 0.2) is 0 Å². The maximum Gasteiger partial charge on any atom is 0.397 e. The Kier molecular flexibility index (Phi) is 7.38. The van der Waals surface area contributed by atoms with Gasteiger partial charge in [-0.2, -0.15) is 13.2 Å². The number of hydrogen-bond donors (Lipinski definition) is 1. The molecule has 1 N–H and O–H groups in total. The number of nitrogens with zero attached hydrogens (tertiary/aromatic N) is 2. The molecule has 2 aliphatic rings. The van der Waals surface area contributed by atoms with Gasteiger partial charge < -0.3 is 10.2 Å². The van der Waals surface area contributed by atoms with Crippen molar-refractivity contribution in [2.45, 2.75) is 50.7 Å². The van der Waals surface area contributed by atoms with Gasteiger partial charge in [-0.1, -0.05) is 0 Å². The van der Waals surface area contributed by atoms with Crippen LogP contribution in [-0.4, -0.2) is 55.7 Å².